The quantitative estimate of drug-likeness (QED) is 0.631. The van der Waals surface area contributed by atoms with Crippen LogP contribution in [0.5, 0.6) is 0 Å². The van der Waals surface area contributed by atoms with Gasteiger partial charge in [-0.15, -0.1) is 0 Å². The number of aliphatic hydroxyl groups excluding tert-OH is 1. The van der Waals surface area contributed by atoms with E-state index in [1.165, 1.54) is 4.90 Å². The third kappa shape index (κ3) is 6.44. The molecule has 1 aromatic heterocycles. The van der Waals surface area contributed by atoms with Gasteiger partial charge < -0.3 is 19.5 Å². The molecule has 1 aromatic carbocycles. The van der Waals surface area contributed by atoms with E-state index in [4.69, 9.17) is 9.47 Å². The molecule has 154 valence electrons. The number of likely N-dealkylation sites (N-methyl/N-ethyl adjacent to an activating group) is 1. The van der Waals surface area contributed by atoms with Crippen molar-refractivity contribution in [2.75, 3.05) is 33.4 Å². The average Bonchev–Trinajstić information content (AvgIpc) is 2.98. The van der Waals surface area contributed by atoms with Crippen LogP contribution in [0.4, 0.5) is 0 Å². The second-order valence-electron chi connectivity index (χ2n) is 7.22. The normalized spacial score (nSPS) is 12.4. The van der Waals surface area contributed by atoms with Crippen LogP contribution < -0.4 is 0 Å². The summed E-state index contributed by atoms with van der Waals surface area (Å²) in [5.74, 6) is -0.151. The zero-order valence-corrected chi connectivity index (χ0v) is 17.4. The summed E-state index contributed by atoms with van der Waals surface area (Å²) in [6.07, 6.45) is -0.591. The summed E-state index contributed by atoms with van der Waals surface area (Å²) in [4.78, 5) is 14.1. The van der Waals surface area contributed by atoms with Crippen LogP contribution in [0.3, 0.4) is 0 Å². The van der Waals surface area contributed by atoms with Crippen LogP contribution in [0.15, 0.2) is 30.3 Å². The number of amides is 1. The van der Waals surface area contributed by atoms with Crippen LogP contribution in [0.2, 0.25) is 0 Å². The van der Waals surface area contributed by atoms with E-state index in [1.54, 1.807) is 19.2 Å². The van der Waals surface area contributed by atoms with Crippen LogP contribution in [-0.4, -0.2) is 71.3 Å². The third-order valence-corrected chi connectivity index (χ3v) is 4.19. The molecule has 0 aliphatic rings. The molecule has 7 heteroatoms. The fourth-order valence-corrected chi connectivity index (χ4v) is 2.87. The second-order valence-corrected chi connectivity index (χ2v) is 7.22. The maximum atomic E-state index is 12.6. The van der Waals surface area contributed by atoms with Gasteiger partial charge >= 0.3 is 0 Å². The van der Waals surface area contributed by atoms with Crippen LogP contribution in [0.25, 0.3) is 5.69 Å². The molecule has 2 aromatic rings. The van der Waals surface area contributed by atoms with Gasteiger partial charge in [0.05, 0.1) is 43.4 Å². The van der Waals surface area contributed by atoms with E-state index in [2.05, 4.69) is 5.10 Å². The van der Waals surface area contributed by atoms with Gasteiger partial charge in [0.2, 0.25) is 0 Å². The number of aromatic nitrogens is 2. The van der Waals surface area contributed by atoms with E-state index in [1.807, 2.05) is 50.6 Å². The number of rotatable bonds is 10. The summed E-state index contributed by atoms with van der Waals surface area (Å²) in [5.41, 5.74) is 3.45. The zero-order valence-electron chi connectivity index (χ0n) is 17.4. The van der Waals surface area contributed by atoms with Crippen molar-refractivity contribution in [1.29, 1.82) is 0 Å². The Bertz CT molecular complexity index is 756. The molecule has 28 heavy (non-hydrogen) atoms. The first kappa shape index (κ1) is 22.1. The molecule has 0 aliphatic carbocycles. The highest BCUT2D eigenvalue weighted by Crippen LogP contribution is 2.14. The highest BCUT2D eigenvalue weighted by molar-refractivity contribution is 5.94. The highest BCUT2D eigenvalue weighted by Gasteiger charge is 2.16. The van der Waals surface area contributed by atoms with Gasteiger partial charge in [-0.1, -0.05) is 0 Å². The van der Waals surface area contributed by atoms with Gasteiger partial charge in [-0.3, -0.25) is 4.79 Å². The van der Waals surface area contributed by atoms with Crippen LogP contribution >= 0.6 is 0 Å². The second kappa shape index (κ2) is 10.4. The summed E-state index contributed by atoms with van der Waals surface area (Å²) in [5, 5.41) is 14.5. The molecule has 0 saturated heterocycles. The average molecular weight is 389 g/mol. The van der Waals surface area contributed by atoms with Crippen molar-refractivity contribution < 1.29 is 19.4 Å². The molecule has 1 heterocycles. The lowest BCUT2D eigenvalue weighted by atomic mass is 10.1. The van der Waals surface area contributed by atoms with E-state index < -0.39 is 6.10 Å². The lowest BCUT2D eigenvalue weighted by Crippen LogP contribution is -2.36. The number of benzene rings is 1. The minimum atomic E-state index is -0.748. The van der Waals surface area contributed by atoms with Crippen molar-refractivity contribution in [2.45, 2.75) is 39.9 Å². The Labute approximate surface area is 166 Å². The van der Waals surface area contributed by atoms with Gasteiger partial charge in [0, 0.05) is 24.8 Å². The molecule has 1 atom stereocenters. The Balaban J connectivity index is 1.84. The van der Waals surface area contributed by atoms with E-state index in [-0.39, 0.29) is 25.2 Å². The van der Waals surface area contributed by atoms with Gasteiger partial charge in [0.1, 0.15) is 0 Å². The molecule has 0 saturated carbocycles. The molecule has 2 rings (SSSR count). The van der Waals surface area contributed by atoms with E-state index in [0.717, 1.165) is 17.1 Å². The number of nitrogens with zero attached hydrogens (tertiary/aromatic N) is 3. The maximum absolute atomic E-state index is 12.6. The molecule has 0 aliphatic heterocycles. The number of aryl methyl sites for hydroxylation is 2. The summed E-state index contributed by atoms with van der Waals surface area (Å²) in [6, 6.07) is 9.29. The molecule has 0 unspecified atom stereocenters. The molecule has 1 N–H and O–H groups in total. The Morgan fingerprint density at radius 2 is 1.89 bits per heavy atom. The van der Waals surface area contributed by atoms with Gasteiger partial charge in [0.25, 0.3) is 5.91 Å². The largest absolute Gasteiger partial charge is 0.389 e. The zero-order chi connectivity index (χ0) is 20.7. The van der Waals surface area contributed by atoms with Crippen molar-refractivity contribution >= 4 is 5.91 Å². The van der Waals surface area contributed by atoms with E-state index >= 15 is 0 Å². The monoisotopic (exact) mass is 389 g/mol. The first-order valence-electron chi connectivity index (χ1n) is 9.54. The number of aliphatic hydroxyl groups is 1. The molecular weight excluding hydrogens is 358 g/mol. The number of ether oxygens (including phenoxy) is 2. The molecule has 0 fully saturated rings. The Hall–Kier alpha value is -2.22. The number of hydrogen-bond donors (Lipinski definition) is 1. The molecular formula is C21H31N3O4. The molecule has 7 nitrogen and oxygen atoms in total. The van der Waals surface area contributed by atoms with Crippen LogP contribution in [0.1, 0.15) is 35.6 Å². The topological polar surface area (TPSA) is 76.8 Å². The van der Waals surface area contributed by atoms with Crippen LogP contribution in [0, 0.1) is 13.8 Å². The Morgan fingerprint density at radius 3 is 2.46 bits per heavy atom. The minimum Gasteiger partial charge on any atom is -0.389 e. The molecule has 0 bridgehead atoms. The van der Waals surface area contributed by atoms with Crippen molar-refractivity contribution in [1.82, 2.24) is 14.7 Å². The van der Waals surface area contributed by atoms with Crippen molar-refractivity contribution in [3.63, 3.8) is 0 Å². The van der Waals surface area contributed by atoms with E-state index in [9.17, 15) is 9.90 Å². The molecule has 1 amide bonds. The standard InChI is InChI=1S/C21H31N3O4/c1-15(2)28-11-10-27-14-20(25)13-23(5)21(26)18-6-8-19(9-7-18)24-17(4)12-16(3)22-24/h6-9,12,15,20,25H,10-11,13-14H2,1-5H3/t20-/m1/s1. The predicted octanol–water partition coefficient (Wildman–Crippen LogP) is 2.36. The van der Waals surface area contributed by atoms with Crippen molar-refractivity contribution in [3.8, 4) is 5.69 Å². The summed E-state index contributed by atoms with van der Waals surface area (Å²) >= 11 is 0. The van der Waals surface area contributed by atoms with Gasteiger partial charge in [0.15, 0.2) is 0 Å². The van der Waals surface area contributed by atoms with Gasteiger partial charge in [-0.05, 0) is 58.0 Å². The predicted molar refractivity (Wildman–Crippen MR) is 108 cm³/mol. The Kier molecular flexibility index (Phi) is 8.17. The summed E-state index contributed by atoms with van der Waals surface area (Å²) in [7, 11) is 1.67. The lowest BCUT2D eigenvalue weighted by molar-refractivity contribution is -0.0159. The Morgan fingerprint density at radius 1 is 1.21 bits per heavy atom. The fraction of sp³-hybridized carbons (Fsp3) is 0.524. The number of carbonyl (C=O) groups is 1. The molecule has 0 spiro atoms. The van der Waals surface area contributed by atoms with Gasteiger partial charge in [-0.25, -0.2) is 4.68 Å². The SMILES string of the molecule is Cc1cc(C)n(-c2ccc(C(=O)N(C)C[C@@H](O)COCCOC(C)C)cc2)n1. The third-order valence-electron chi connectivity index (χ3n) is 4.19. The fourth-order valence-electron chi connectivity index (χ4n) is 2.87. The number of hydrogen-bond acceptors (Lipinski definition) is 5. The van der Waals surface area contributed by atoms with Crippen molar-refractivity contribution in [2.24, 2.45) is 0 Å². The molecule has 0 radical (unpaired) electrons. The summed E-state index contributed by atoms with van der Waals surface area (Å²) in [6.45, 7) is 9.12. The van der Waals surface area contributed by atoms with Crippen LogP contribution in [-0.2, 0) is 9.47 Å². The maximum Gasteiger partial charge on any atom is 0.253 e. The minimum absolute atomic E-state index is 0.151. The first-order chi connectivity index (χ1) is 13.3. The lowest BCUT2D eigenvalue weighted by Gasteiger charge is -2.21. The number of carbonyl (C=O) groups excluding carboxylic acids is 1. The smallest absolute Gasteiger partial charge is 0.253 e. The first-order valence-corrected chi connectivity index (χ1v) is 9.54. The van der Waals surface area contributed by atoms with E-state index in [0.29, 0.717) is 18.8 Å². The summed E-state index contributed by atoms with van der Waals surface area (Å²) < 4.78 is 12.6. The highest BCUT2D eigenvalue weighted by atomic mass is 16.5. The van der Waals surface area contributed by atoms with Crippen molar-refractivity contribution in [3.05, 3.63) is 47.3 Å². The van der Waals surface area contributed by atoms with Gasteiger partial charge in [-0.2, -0.15) is 5.10 Å².